The third-order valence-corrected chi connectivity index (χ3v) is 8.08. The molecule has 2 heteroatoms. The van der Waals surface area contributed by atoms with Crippen LogP contribution in [0.4, 0.5) is 11.4 Å². The van der Waals surface area contributed by atoms with Crippen molar-refractivity contribution in [3.63, 3.8) is 0 Å². The lowest BCUT2D eigenvalue weighted by atomic mass is 9.95. The largest absolute Gasteiger partial charge is 0.356 e. The van der Waals surface area contributed by atoms with Crippen molar-refractivity contribution >= 4 is 53.7 Å². The van der Waals surface area contributed by atoms with Gasteiger partial charge in [-0.1, -0.05) is 97.1 Å². The number of fused-ring (bicyclic) bond motifs is 5. The smallest absolute Gasteiger partial charge is 0.0434 e. The Morgan fingerprint density at radius 3 is 1.69 bits per heavy atom. The van der Waals surface area contributed by atoms with E-state index in [4.69, 9.17) is 0 Å². The zero-order valence-electron chi connectivity index (χ0n) is 19.6. The summed E-state index contributed by atoms with van der Waals surface area (Å²) in [5.74, 6) is 0. The molecular formula is C34H23NS. The van der Waals surface area contributed by atoms with Gasteiger partial charge in [0.25, 0.3) is 0 Å². The third-order valence-electron chi connectivity index (χ3n) is 6.86. The van der Waals surface area contributed by atoms with E-state index in [1.54, 1.807) is 0 Å². The summed E-state index contributed by atoms with van der Waals surface area (Å²) in [6.07, 6.45) is 0. The van der Waals surface area contributed by atoms with E-state index in [1.165, 1.54) is 53.2 Å². The first kappa shape index (κ1) is 20.9. The zero-order valence-corrected chi connectivity index (χ0v) is 20.4. The molecule has 0 aliphatic rings. The first-order valence-electron chi connectivity index (χ1n) is 12.2. The Bertz CT molecular complexity index is 1830. The first-order valence-corrected chi connectivity index (χ1v) is 13.0. The van der Waals surface area contributed by atoms with Crippen LogP contribution in [0.25, 0.3) is 53.2 Å². The van der Waals surface area contributed by atoms with Crippen molar-refractivity contribution in [3.05, 3.63) is 133 Å². The van der Waals surface area contributed by atoms with E-state index in [0.717, 1.165) is 11.4 Å². The molecule has 1 N–H and O–H groups in total. The van der Waals surface area contributed by atoms with Crippen molar-refractivity contribution in [2.45, 2.75) is 0 Å². The van der Waals surface area contributed by atoms with E-state index >= 15 is 0 Å². The van der Waals surface area contributed by atoms with Crippen molar-refractivity contribution in [1.29, 1.82) is 0 Å². The summed E-state index contributed by atoms with van der Waals surface area (Å²) >= 11 is 1.89. The molecule has 7 aromatic rings. The highest BCUT2D eigenvalue weighted by molar-refractivity contribution is 7.26. The topological polar surface area (TPSA) is 12.0 Å². The molecule has 1 heterocycles. The average Bonchev–Trinajstić information content (AvgIpc) is 3.33. The second-order valence-corrected chi connectivity index (χ2v) is 10.1. The Balaban J connectivity index is 1.24. The molecule has 36 heavy (non-hydrogen) atoms. The maximum absolute atomic E-state index is 3.55. The number of anilines is 2. The maximum Gasteiger partial charge on any atom is 0.0434 e. The number of rotatable bonds is 4. The van der Waals surface area contributed by atoms with Crippen LogP contribution in [0.3, 0.4) is 0 Å². The van der Waals surface area contributed by atoms with Gasteiger partial charge in [0.05, 0.1) is 0 Å². The molecule has 0 spiro atoms. The minimum absolute atomic E-state index is 1.08. The quantitative estimate of drug-likeness (QED) is 0.266. The first-order chi connectivity index (χ1) is 17.8. The van der Waals surface area contributed by atoms with E-state index in [9.17, 15) is 0 Å². The number of hydrogen-bond donors (Lipinski definition) is 1. The summed E-state index contributed by atoms with van der Waals surface area (Å²) in [5, 5.41) is 8.85. The van der Waals surface area contributed by atoms with E-state index in [2.05, 4.69) is 133 Å². The van der Waals surface area contributed by atoms with Crippen LogP contribution in [-0.4, -0.2) is 0 Å². The Hall–Kier alpha value is -4.40. The van der Waals surface area contributed by atoms with Gasteiger partial charge in [-0.3, -0.25) is 0 Å². The molecule has 0 aliphatic heterocycles. The molecule has 1 aromatic heterocycles. The lowest BCUT2D eigenvalue weighted by molar-refractivity contribution is 1.54. The van der Waals surface area contributed by atoms with Gasteiger partial charge in [0.1, 0.15) is 0 Å². The normalized spacial score (nSPS) is 11.3. The summed E-state index contributed by atoms with van der Waals surface area (Å²) in [6, 6.07) is 47.8. The molecule has 0 radical (unpaired) electrons. The highest BCUT2D eigenvalue weighted by Crippen LogP contribution is 2.42. The summed E-state index contributed by atoms with van der Waals surface area (Å²) in [5.41, 5.74) is 7.13. The maximum atomic E-state index is 3.55. The molecule has 6 aromatic carbocycles. The summed E-state index contributed by atoms with van der Waals surface area (Å²) < 4.78 is 2.71. The Kier molecular flexibility index (Phi) is 5.04. The highest BCUT2D eigenvalue weighted by Gasteiger charge is 2.13. The summed E-state index contributed by atoms with van der Waals surface area (Å²) in [7, 11) is 0. The number of thiophene rings is 1. The van der Waals surface area contributed by atoms with Crippen molar-refractivity contribution in [2.24, 2.45) is 0 Å². The predicted octanol–water partition coefficient (Wildman–Crippen LogP) is 10.3. The van der Waals surface area contributed by atoms with Gasteiger partial charge in [-0.15, -0.1) is 11.3 Å². The third kappa shape index (κ3) is 3.64. The number of hydrogen-bond acceptors (Lipinski definition) is 2. The van der Waals surface area contributed by atoms with Crippen molar-refractivity contribution in [1.82, 2.24) is 0 Å². The lowest BCUT2D eigenvalue weighted by Gasteiger charge is -2.11. The summed E-state index contributed by atoms with van der Waals surface area (Å²) in [4.78, 5) is 0. The Labute approximate surface area is 214 Å². The van der Waals surface area contributed by atoms with Crippen molar-refractivity contribution in [2.75, 3.05) is 5.32 Å². The molecule has 0 atom stereocenters. The fourth-order valence-electron chi connectivity index (χ4n) is 5.06. The Morgan fingerprint density at radius 1 is 0.417 bits per heavy atom. The molecule has 1 nitrogen and oxygen atoms in total. The minimum Gasteiger partial charge on any atom is -0.356 e. The molecule has 0 aliphatic carbocycles. The van der Waals surface area contributed by atoms with Gasteiger partial charge in [-0.2, -0.15) is 0 Å². The molecular weight excluding hydrogens is 454 g/mol. The van der Waals surface area contributed by atoms with Crippen LogP contribution in [0, 0.1) is 0 Å². The molecule has 7 rings (SSSR count). The Morgan fingerprint density at radius 2 is 0.972 bits per heavy atom. The van der Waals surface area contributed by atoms with Gasteiger partial charge in [0.15, 0.2) is 0 Å². The molecule has 0 bridgehead atoms. The van der Waals surface area contributed by atoms with Crippen LogP contribution < -0.4 is 5.32 Å². The van der Waals surface area contributed by atoms with E-state index in [1.807, 2.05) is 17.4 Å². The fourth-order valence-corrected chi connectivity index (χ4v) is 6.28. The predicted molar refractivity (Wildman–Crippen MR) is 157 cm³/mol. The van der Waals surface area contributed by atoms with Gasteiger partial charge in [-0.05, 0) is 64.0 Å². The van der Waals surface area contributed by atoms with Crippen LogP contribution in [0.1, 0.15) is 0 Å². The van der Waals surface area contributed by atoms with E-state index in [-0.39, 0.29) is 0 Å². The average molecular weight is 478 g/mol. The van der Waals surface area contributed by atoms with Crippen molar-refractivity contribution < 1.29 is 0 Å². The highest BCUT2D eigenvalue weighted by atomic mass is 32.1. The van der Waals surface area contributed by atoms with Crippen LogP contribution in [0.2, 0.25) is 0 Å². The second kappa shape index (κ2) is 8.67. The van der Waals surface area contributed by atoms with E-state index in [0.29, 0.717) is 0 Å². The lowest BCUT2D eigenvalue weighted by Crippen LogP contribution is -1.90. The number of nitrogens with one attached hydrogen (secondary N) is 1. The minimum atomic E-state index is 1.08. The number of benzene rings is 6. The molecule has 0 fully saturated rings. The standard InChI is InChI=1S/C34H23NS/c1-2-8-23(9-3-1)24-14-18-26(19-15-24)35-27-20-16-25(17-21-27)31-22-32-29-11-6-7-13-33(29)36-34(32)30-12-5-4-10-28(30)31/h1-22,35H. The van der Waals surface area contributed by atoms with Crippen LogP contribution in [0.5, 0.6) is 0 Å². The van der Waals surface area contributed by atoms with Gasteiger partial charge in [0.2, 0.25) is 0 Å². The van der Waals surface area contributed by atoms with Crippen LogP contribution in [-0.2, 0) is 0 Å². The molecule has 0 unspecified atom stereocenters. The van der Waals surface area contributed by atoms with Crippen molar-refractivity contribution in [3.8, 4) is 22.3 Å². The van der Waals surface area contributed by atoms with Gasteiger partial charge in [0, 0.05) is 36.9 Å². The fraction of sp³-hybridized carbons (Fsp3) is 0. The molecule has 0 saturated carbocycles. The monoisotopic (exact) mass is 477 g/mol. The van der Waals surface area contributed by atoms with E-state index < -0.39 is 0 Å². The zero-order chi connectivity index (χ0) is 23.9. The van der Waals surface area contributed by atoms with Crippen LogP contribution in [0.15, 0.2) is 133 Å². The molecule has 0 amide bonds. The summed E-state index contributed by atoms with van der Waals surface area (Å²) in [6.45, 7) is 0. The van der Waals surface area contributed by atoms with Crippen LogP contribution >= 0.6 is 11.3 Å². The molecule has 170 valence electrons. The SMILES string of the molecule is c1ccc(-c2ccc(Nc3ccc(-c4cc5c6ccccc6sc5c5ccccc45)cc3)cc2)cc1. The van der Waals surface area contributed by atoms with Gasteiger partial charge >= 0.3 is 0 Å². The second-order valence-electron chi connectivity index (χ2n) is 9.09. The molecule has 0 saturated heterocycles. The van der Waals surface area contributed by atoms with Gasteiger partial charge < -0.3 is 5.32 Å². The van der Waals surface area contributed by atoms with Gasteiger partial charge in [-0.25, -0.2) is 0 Å².